The molecule has 6 nitrogen and oxygen atoms in total. The van der Waals surface area contributed by atoms with Crippen LogP contribution in [0.5, 0.6) is 0 Å². The molecule has 3 rings (SSSR count). The quantitative estimate of drug-likeness (QED) is 0.717. The second kappa shape index (κ2) is 6.83. The molecule has 3 aromatic rings. The normalized spacial score (nSPS) is 11.6. The number of nitrogens with zero attached hydrogens (tertiary/aromatic N) is 3. The van der Waals surface area contributed by atoms with Gasteiger partial charge in [0.2, 0.25) is 0 Å². The number of carbonyl (C=O) groups excluding carboxylic acids is 1. The summed E-state index contributed by atoms with van der Waals surface area (Å²) in [5, 5.41) is 13.1. The summed E-state index contributed by atoms with van der Waals surface area (Å²) in [7, 11) is 0. The van der Waals surface area contributed by atoms with Gasteiger partial charge in [-0.05, 0) is 24.6 Å². The molecule has 1 aromatic carbocycles. The van der Waals surface area contributed by atoms with Gasteiger partial charge in [-0.2, -0.15) is 23.4 Å². The third kappa shape index (κ3) is 3.88. The Morgan fingerprint density at radius 3 is 2.77 bits per heavy atom. The smallest absolute Gasteiger partial charge is 0.304 e. The van der Waals surface area contributed by atoms with E-state index in [4.69, 9.17) is 11.6 Å². The Hall–Kier alpha value is -2.81. The Balaban J connectivity index is 1.77. The van der Waals surface area contributed by atoms with E-state index >= 15 is 0 Å². The Labute approximate surface area is 151 Å². The van der Waals surface area contributed by atoms with Gasteiger partial charge in [-0.15, -0.1) is 0 Å². The number of aromatic amines is 1. The van der Waals surface area contributed by atoms with Gasteiger partial charge >= 0.3 is 6.18 Å². The van der Waals surface area contributed by atoms with E-state index in [0.29, 0.717) is 11.3 Å². The van der Waals surface area contributed by atoms with E-state index in [9.17, 15) is 18.0 Å². The number of aromatic nitrogens is 4. The standard InChI is InChI=1S/C16H13ClF3N5O/c1-9-5-13(22-15(26)14-12(17)7-21-23-14)24-25(9)8-10-3-2-4-11(6-10)16(18,19)20/h2-7H,8H2,1H3,(H,21,23)(H,22,24,26). The molecule has 0 aliphatic rings. The maximum absolute atomic E-state index is 12.8. The zero-order valence-electron chi connectivity index (χ0n) is 13.4. The van der Waals surface area contributed by atoms with E-state index in [0.717, 1.165) is 12.1 Å². The first-order valence-electron chi connectivity index (χ1n) is 7.45. The van der Waals surface area contributed by atoms with Crippen molar-refractivity contribution in [3.63, 3.8) is 0 Å². The molecule has 0 aliphatic heterocycles. The van der Waals surface area contributed by atoms with Crippen LogP contribution < -0.4 is 5.32 Å². The van der Waals surface area contributed by atoms with Crippen molar-refractivity contribution in [3.05, 3.63) is 64.1 Å². The zero-order chi connectivity index (χ0) is 18.9. The maximum atomic E-state index is 12.8. The van der Waals surface area contributed by atoms with E-state index in [2.05, 4.69) is 20.6 Å². The maximum Gasteiger partial charge on any atom is 0.416 e. The predicted octanol–water partition coefficient (Wildman–Crippen LogP) is 3.89. The minimum atomic E-state index is -4.41. The Morgan fingerprint density at radius 2 is 2.12 bits per heavy atom. The van der Waals surface area contributed by atoms with Crippen LogP contribution in [0.25, 0.3) is 0 Å². The summed E-state index contributed by atoms with van der Waals surface area (Å²) in [6.07, 6.45) is -3.11. The first-order chi connectivity index (χ1) is 12.2. The van der Waals surface area contributed by atoms with Crippen molar-refractivity contribution < 1.29 is 18.0 Å². The number of aryl methyl sites for hydroxylation is 1. The van der Waals surface area contributed by atoms with Gasteiger partial charge in [0.25, 0.3) is 5.91 Å². The summed E-state index contributed by atoms with van der Waals surface area (Å²) in [6.45, 7) is 1.87. The van der Waals surface area contributed by atoms with Crippen LogP contribution in [0.15, 0.2) is 36.5 Å². The van der Waals surface area contributed by atoms with Crippen molar-refractivity contribution >= 4 is 23.3 Å². The number of alkyl halides is 3. The van der Waals surface area contributed by atoms with E-state index in [-0.39, 0.29) is 23.1 Å². The van der Waals surface area contributed by atoms with Crippen LogP contribution in [-0.2, 0) is 12.7 Å². The number of hydrogen-bond acceptors (Lipinski definition) is 3. The van der Waals surface area contributed by atoms with Crippen LogP contribution in [0.4, 0.5) is 19.0 Å². The summed E-state index contributed by atoms with van der Waals surface area (Å²) in [6, 6.07) is 6.62. The van der Waals surface area contributed by atoms with E-state index in [1.165, 1.54) is 16.9 Å². The van der Waals surface area contributed by atoms with Crippen LogP contribution in [0.2, 0.25) is 5.02 Å². The van der Waals surface area contributed by atoms with Gasteiger partial charge in [-0.25, -0.2) is 0 Å². The van der Waals surface area contributed by atoms with Crippen molar-refractivity contribution in [2.75, 3.05) is 5.32 Å². The van der Waals surface area contributed by atoms with E-state index in [1.807, 2.05) is 0 Å². The largest absolute Gasteiger partial charge is 0.416 e. The van der Waals surface area contributed by atoms with Crippen molar-refractivity contribution in [1.29, 1.82) is 0 Å². The first kappa shape index (κ1) is 18.0. The number of halogens is 4. The van der Waals surface area contributed by atoms with Gasteiger partial charge < -0.3 is 5.32 Å². The Bertz CT molecular complexity index is 948. The fourth-order valence-electron chi connectivity index (χ4n) is 2.36. The van der Waals surface area contributed by atoms with Gasteiger partial charge in [-0.1, -0.05) is 23.7 Å². The number of hydrogen-bond donors (Lipinski definition) is 2. The lowest BCUT2D eigenvalue weighted by molar-refractivity contribution is -0.137. The molecule has 0 atom stereocenters. The lowest BCUT2D eigenvalue weighted by Gasteiger charge is -2.09. The summed E-state index contributed by atoms with van der Waals surface area (Å²) in [4.78, 5) is 12.1. The van der Waals surface area contributed by atoms with E-state index < -0.39 is 17.6 Å². The summed E-state index contributed by atoms with van der Waals surface area (Å²) < 4.78 is 39.9. The fraction of sp³-hybridized carbons (Fsp3) is 0.188. The van der Waals surface area contributed by atoms with Gasteiger partial charge in [-0.3, -0.25) is 14.6 Å². The highest BCUT2D eigenvalue weighted by Crippen LogP contribution is 2.29. The highest BCUT2D eigenvalue weighted by atomic mass is 35.5. The number of rotatable bonds is 4. The van der Waals surface area contributed by atoms with Crippen molar-refractivity contribution in [1.82, 2.24) is 20.0 Å². The molecule has 0 aliphatic carbocycles. The second-order valence-electron chi connectivity index (χ2n) is 5.57. The summed E-state index contributed by atoms with van der Waals surface area (Å²) in [5.41, 5.74) is 0.493. The molecule has 1 amide bonds. The number of benzene rings is 1. The molecule has 2 N–H and O–H groups in total. The first-order valence-corrected chi connectivity index (χ1v) is 7.82. The minimum Gasteiger partial charge on any atom is -0.304 e. The number of carbonyl (C=O) groups is 1. The van der Waals surface area contributed by atoms with E-state index in [1.54, 1.807) is 19.1 Å². The van der Waals surface area contributed by atoms with Gasteiger partial charge in [0.15, 0.2) is 5.82 Å². The highest BCUT2D eigenvalue weighted by Gasteiger charge is 2.30. The number of H-pyrrole nitrogens is 1. The lowest BCUT2D eigenvalue weighted by Crippen LogP contribution is -2.14. The van der Waals surface area contributed by atoms with Crippen molar-refractivity contribution in [3.8, 4) is 0 Å². The summed E-state index contributed by atoms with van der Waals surface area (Å²) >= 11 is 5.82. The average molecular weight is 384 g/mol. The molecule has 0 unspecified atom stereocenters. The number of anilines is 1. The molecule has 2 heterocycles. The molecule has 0 spiro atoms. The molecule has 2 aromatic heterocycles. The van der Waals surface area contributed by atoms with Crippen LogP contribution in [0, 0.1) is 6.92 Å². The zero-order valence-corrected chi connectivity index (χ0v) is 14.2. The van der Waals surface area contributed by atoms with Crippen LogP contribution in [0.1, 0.15) is 27.3 Å². The van der Waals surface area contributed by atoms with Gasteiger partial charge in [0, 0.05) is 11.8 Å². The molecule has 0 saturated heterocycles. The van der Waals surface area contributed by atoms with Crippen LogP contribution in [0.3, 0.4) is 0 Å². The molecule has 136 valence electrons. The Kier molecular flexibility index (Phi) is 4.73. The molecule has 10 heteroatoms. The predicted molar refractivity (Wildman–Crippen MR) is 89.1 cm³/mol. The fourth-order valence-corrected chi connectivity index (χ4v) is 2.54. The molecule has 0 saturated carbocycles. The molecular formula is C16H13ClF3N5O. The highest BCUT2D eigenvalue weighted by molar-refractivity contribution is 6.34. The SMILES string of the molecule is Cc1cc(NC(=O)c2[nH]ncc2Cl)nn1Cc1cccc(C(F)(F)F)c1. The Morgan fingerprint density at radius 1 is 1.35 bits per heavy atom. The van der Waals surface area contributed by atoms with Gasteiger partial charge in [0.1, 0.15) is 5.69 Å². The monoisotopic (exact) mass is 383 g/mol. The third-order valence-corrected chi connectivity index (χ3v) is 3.92. The molecular weight excluding hydrogens is 371 g/mol. The molecule has 0 fully saturated rings. The third-order valence-electron chi connectivity index (χ3n) is 3.63. The minimum absolute atomic E-state index is 0.0942. The van der Waals surface area contributed by atoms with Crippen molar-refractivity contribution in [2.24, 2.45) is 0 Å². The van der Waals surface area contributed by atoms with Crippen molar-refractivity contribution in [2.45, 2.75) is 19.6 Å². The molecule has 0 bridgehead atoms. The molecule has 0 radical (unpaired) electrons. The number of nitrogens with one attached hydrogen (secondary N) is 2. The lowest BCUT2D eigenvalue weighted by atomic mass is 10.1. The summed E-state index contributed by atoms with van der Waals surface area (Å²) in [5.74, 6) is -0.263. The average Bonchev–Trinajstić information content (AvgIpc) is 3.13. The molecule has 26 heavy (non-hydrogen) atoms. The van der Waals surface area contributed by atoms with Crippen LogP contribution >= 0.6 is 11.6 Å². The van der Waals surface area contributed by atoms with Gasteiger partial charge in [0.05, 0.1) is 23.3 Å². The van der Waals surface area contributed by atoms with Crippen LogP contribution in [-0.4, -0.2) is 25.9 Å². The topological polar surface area (TPSA) is 75.6 Å². The number of amides is 1. The second-order valence-corrected chi connectivity index (χ2v) is 5.98.